The summed E-state index contributed by atoms with van der Waals surface area (Å²) in [5, 5.41) is 0. The van der Waals surface area contributed by atoms with Crippen molar-refractivity contribution in [2.75, 3.05) is 33.0 Å². The normalized spacial score (nSPS) is 28.5. The van der Waals surface area contributed by atoms with Gasteiger partial charge >= 0.3 is 0 Å². The van der Waals surface area contributed by atoms with E-state index >= 15 is 0 Å². The maximum atomic E-state index is 13.2. The average molecular weight is 333 g/mol. The number of carbonyl (C=O) groups is 1. The summed E-state index contributed by atoms with van der Waals surface area (Å²) in [6.45, 7) is 4.71. The van der Waals surface area contributed by atoms with E-state index in [2.05, 4.69) is 0 Å². The van der Waals surface area contributed by atoms with Crippen molar-refractivity contribution in [3.8, 4) is 11.5 Å². The molecule has 1 amide bonds. The number of rotatable bonds is 3. The molecule has 2 aliphatic heterocycles. The van der Waals surface area contributed by atoms with Gasteiger partial charge in [-0.3, -0.25) is 4.79 Å². The Balaban J connectivity index is 1.64. The van der Waals surface area contributed by atoms with Gasteiger partial charge in [0.15, 0.2) is 11.5 Å². The van der Waals surface area contributed by atoms with Gasteiger partial charge in [-0.05, 0) is 31.9 Å². The minimum Gasteiger partial charge on any atom is -0.486 e. The van der Waals surface area contributed by atoms with Crippen LogP contribution in [-0.2, 0) is 9.47 Å². The van der Waals surface area contributed by atoms with Crippen LogP contribution in [0, 0.1) is 0 Å². The molecule has 130 valence electrons. The summed E-state index contributed by atoms with van der Waals surface area (Å²) in [4.78, 5) is 15.1. The molecule has 2 heterocycles. The minimum atomic E-state index is -0.0434. The Morgan fingerprint density at radius 1 is 1.25 bits per heavy atom. The largest absolute Gasteiger partial charge is 0.486 e. The van der Waals surface area contributed by atoms with Crippen molar-refractivity contribution in [1.29, 1.82) is 0 Å². The van der Waals surface area contributed by atoms with Crippen molar-refractivity contribution >= 4 is 5.91 Å². The van der Waals surface area contributed by atoms with Crippen molar-refractivity contribution in [3.05, 3.63) is 23.8 Å². The molecule has 1 saturated carbocycles. The van der Waals surface area contributed by atoms with Gasteiger partial charge in [-0.15, -0.1) is 0 Å². The number of hydrogen-bond acceptors (Lipinski definition) is 5. The molecule has 24 heavy (non-hydrogen) atoms. The van der Waals surface area contributed by atoms with Crippen LogP contribution in [-0.4, -0.2) is 62.0 Å². The first kappa shape index (κ1) is 15.7. The van der Waals surface area contributed by atoms with Crippen molar-refractivity contribution in [1.82, 2.24) is 4.90 Å². The van der Waals surface area contributed by atoms with Gasteiger partial charge in [-0.25, -0.2) is 0 Å². The lowest BCUT2D eigenvalue weighted by atomic mass is 10.1. The number of ether oxygens (including phenoxy) is 4. The van der Waals surface area contributed by atoms with E-state index in [-0.39, 0.29) is 24.2 Å². The van der Waals surface area contributed by atoms with Gasteiger partial charge in [-0.1, -0.05) is 6.07 Å². The number of amides is 1. The second kappa shape index (κ2) is 6.61. The van der Waals surface area contributed by atoms with Crippen LogP contribution in [0.4, 0.5) is 0 Å². The molecule has 2 bridgehead atoms. The third-order valence-corrected chi connectivity index (χ3v) is 4.97. The Hall–Kier alpha value is -1.79. The lowest BCUT2D eigenvalue weighted by Gasteiger charge is -2.32. The summed E-state index contributed by atoms with van der Waals surface area (Å²) < 4.78 is 23.1. The van der Waals surface area contributed by atoms with Crippen LogP contribution in [0.5, 0.6) is 11.5 Å². The number of benzene rings is 1. The SMILES string of the molecule is CCO[C@H]1[C@H]2CC[C@H]1OCCN2C(=O)c1cccc2c1OCCO2. The highest BCUT2D eigenvalue weighted by atomic mass is 16.6. The lowest BCUT2D eigenvalue weighted by molar-refractivity contribution is -0.0484. The van der Waals surface area contributed by atoms with E-state index in [1.165, 1.54) is 0 Å². The van der Waals surface area contributed by atoms with Gasteiger partial charge in [0.25, 0.3) is 5.91 Å². The first-order valence-corrected chi connectivity index (χ1v) is 8.72. The monoisotopic (exact) mass is 333 g/mol. The smallest absolute Gasteiger partial charge is 0.258 e. The zero-order valence-electron chi connectivity index (χ0n) is 13.9. The summed E-state index contributed by atoms with van der Waals surface area (Å²) in [6, 6.07) is 5.55. The Kier molecular flexibility index (Phi) is 4.33. The van der Waals surface area contributed by atoms with E-state index < -0.39 is 0 Å². The molecule has 1 aliphatic carbocycles. The summed E-state index contributed by atoms with van der Waals surface area (Å²) in [6.07, 6.45) is 1.90. The van der Waals surface area contributed by atoms with Crippen LogP contribution in [0.1, 0.15) is 30.1 Å². The molecule has 4 rings (SSSR count). The zero-order chi connectivity index (χ0) is 16.5. The third kappa shape index (κ3) is 2.63. The summed E-state index contributed by atoms with van der Waals surface area (Å²) >= 11 is 0. The van der Waals surface area contributed by atoms with Gasteiger partial charge in [0.1, 0.15) is 19.3 Å². The van der Waals surface area contributed by atoms with E-state index in [4.69, 9.17) is 18.9 Å². The highest BCUT2D eigenvalue weighted by Gasteiger charge is 2.45. The Morgan fingerprint density at radius 2 is 2.12 bits per heavy atom. The molecule has 3 atom stereocenters. The fraction of sp³-hybridized carbons (Fsp3) is 0.611. The van der Waals surface area contributed by atoms with Gasteiger partial charge in [0, 0.05) is 13.2 Å². The van der Waals surface area contributed by atoms with E-state index in [0.717, 1.165) is 12.8 Å². The molecule has 0 spiro atoms. The van der Waals surface area contributed by atoms with Crippen LogP contribution in [0.15, 0.2) is 18.2 Å². The van der Waals surface area contributed by atoms with Crippen molar-refractivity contribution in [2.24, 2.45) is 0 Å². The molecular formula is C18H23NO5. The highest BCUT2D eigenvalue weighted by molar-refractivity contribution is 5.98. The number of carbonyl (C=O) groups excluding carboxylic acids is 1. The molecule has 0 radical (unpaired) electrons. The average Bonchev–Trinajstić information content (AvgIpc) is 2.90. The molecule has 0 aromatic heterocycles. The first-order chi connectivity index (χ1) is 11.8. The van der Waals surface area contributed by atoms with Crippen molar-refractivity contribution in [3.63, 3.8) is 0 Å². The quantitative estimate of drug-likeness (QED) is 0.845. The van der Waals surface area contributed by atoms with Crippen molar-refractivity contribution in [2.45, 2.75) is 38.0 Å². The van der Waals surface area contributed by atoms with Gasteiger partial charge in [0.2, 0.25) is 0 Å². The fourth-order valence-electron chi connectivity index (χ4n) is 3.95. The van der Waals surface area contributed by atoms with Crippen LogP contribution < -0.4 is 9.47 Å². The maximum Gasteiger partial charge on any atom is 0.258 e. The molecular weight excluding hydrogens is 310 g/mol. The number of hydrogen-bond donors (Lipinski definition) is 0. The molecule has 0 unspecified atom stereocenters. The maximum absolute atomic E-state index is 13.2. The Labute approximate surface area is 141 Å². The van der Waals surface area contributed by atoms with E-state index in [1.54, 1.807) is 0 Å². The molecule has 1 aromatic rings. The summed E-state index contributed by atoms with van der Waals surface area (Å²) in [7, 11) is 0. The van der Waals surface area contributed by atoms with Crippen LogP contribution in [0.2, 0.25) is 0 Å². The summed E-state index contributed by atoms with van der Waals surface area (Å²) in [5.74, 6) is 1.17. The van der Waals surface area contributed by atoms with Gasteiger partial charge in [-0.2, -0.15) is 0 Å². The summed E-state index contributed by atoms with van der Waals surface area (Å²) in [5.41, 5.74) is 0.563. The molecule has 0 N–H and O–H groups in total. The highest BCUT2D eigenvalue weighted by Crippen LogP contribution is 2.37. The van der Waals surface area contributed by atoms with Gasteiger partial charge in [0.05, 0.1) is 24.3 Å². The Morgan fingerprint density at radius 3 is 3.00 bits per heavy atom. The second-order valence-corrected chi connectivity index (χ2v) is 6.30. The predicted octanol–water partition coefficient (Wildman–Crippen LogP) is 1.87. The van der Waals surface area contributed by atoms with E-state index in [0.29, 0.717) is 50.0 Å². The second-order valence-electron chi connectivity index (χ2n) is 6.30. The molecule has 3 aliphatic rings. The molecule has 6 nitrogen and oxygen atoms in total. The van der Waals surface area contributed by atoms with Crippen LogP contribution in [0.3, 0.4) is 0 Å². The lowest BCUT2D eigenvalue weighted by Crippen LogP contribution is -2.46. The molecule has 1 aromatic carbocycles. The van der Waals surface area contributed by atoms with E-state index in [1.807, 2.05) is 30.0 Å². The van der Waals surface area contributed by atoms with Gasteiger partial charge < -0.3 is 23.8 Å². The minimum absolute atomic E-state index is 0.0294. The predicted molar refractivity (Wildman–Crippen MR) is 86.6 cm³/mol. The fourth-order valence-corrected chi connectivity index (χ4v) is 3.95. The van der Waals surface area contributed by atoms with Crippen LogP contribution >= 0.6 is 0 Å². The van der Waals surface area contributed by atoms with Crippen LogP contribution in [0.25, 0.3) is 0 Å². The zero-order valence-corrected chi connectivity index (χ0v) is 13.9. The van der Waals surface area contributed by atoms with E-state index in [9.17, 15) is 4.79 Å². The van der Waals surface area contributed by atoms with Crippen molar-refractivity contribution < 1.29 is 23.7 Å². The molecule has 2 fully saturated rings. The third-order valence-electron chi connectivity index (χ3n) is 4.97. The topological polar surface area (TPSA) is 57.2 Å². The first-order valence-electron chi connectivity index (χ1n) is 8.72. The number of fused-ring (bicyclic) bond motifs is 3. The molecule has 1 saturated heterocycles. The molecule has 6 heteroatoms. The Bertz CT molecular complexity index is 619. The standard InChI is InChI=1S/C18H23NO5/c1-2-21-17-13-6-7-15(17)22-9-8-19(13)18(20)12-4-3-5-14-16(12)24-11-10-23-14/h3-5,13,15,17H,2,6-11H2,1H3/t13-,15-,17+/m1/s1. The number of para-hydroxylation sites is 1. The number of nitrogens with zero attached hydrogens (tertiary/aromatic N) is 1.